The van der Waals surface area contributed by atoms with Crippen molar-refractivity contribution in [3.05, 3.63) is 89.7 Å². The van der Waals surface area contributed by atoms with Gasteiger partial charge in [0.2, 0.25) is 5.91 Å². The third kappa shape index (κ3) is 4.63. The molecule has 2 aromatic carbocycles. The lowest BCUT2D eigenvalue weighted by Crippen LogP contribution is -2.41. The molecule has 3 aromatic rings. The van der Waals surface area contributed by atoms with Crippen molar-refractivity contribution in [3.8, 4) is 0 Å². The summed E-state index contributed by atoms with van der Waals surface area (Å²) in [4.78, 5) is 19.4. The van der Waals surface area contributed by atoms with E-state index in [4.69, 9.17) is 0 Å². The molecule has 1 aromatic heterocycles. The Kier molecular flexibility index (Phi) is 5.98. The highest BCUT2D eigenvalue weighted by molar-refractivity contribution is 7.90. The zero-order valence-corrected chi connectivity index (χ0v) is 19.3. The van der Waals surface area contributed by atoms with Crippen LogP contribution in [-0.2, 0) is 14.8 Å². The van der Waals surface area contributed by atoms with Gasteiger partial charge in [0.1, 0.15) is 4.90 Å². The number of piperidine rings is 1. The summed E-state index contributed by atoms with van der Waals surface area (Å²) in [5.41, 5.74) is 3.22. The lowest BCUT2D eigenvalue weighted by atomic mass is 9.95. The quantitative estimate of drug-likeness (QED) is 0.619. The maximum absolute atomic E-state index is 12.9. The van der Waals surface area contributed by atoms with Gasteiger partial charge < -0.3 is 10.2 Å². The standard InChI is InChI=1S/C26H24N4O3S/c31-26(28-22-8-5-6-19(18-22)11-12-21-7-3-4-15-27-21)20-13-16-30(17-14-20)25-23-9-1-2-10-24(23)34(32,33)29-25/h1-12,15,18,20H,13-14,16-17H2,(H,28,31). The van der Waals surface area contributed by atoms with Crippen LogP contribution in [-0.4, -0.2) is 43.1 Å². The van der Waals surface area contributed by atoms with Crippen molar-refractivity contribution in [1.29, 1.82) is 0 Å². The number of sulfonamides is 1. The molecule has 1 fully saturated rings. The average Bonchev–Trinajstić information content (AvgIpc) is 3.15. The summed E-state index contributed by atoms with van der Waals surface area (Å²) in [6.07, 6.45) is 6.91. The Morgan fingerprint density at radius 3 is 2.56 bits per heavy atom. The lowest BCUT2D eigenvalue weighted by molar-refractivity contribution is -0.120. The number of amidine groups is 1. The van der Waals surface area contributed by atoms with E-state index in [-0.39, 0.29) is 16.7 Å². The first-order chi connectivity index (χ1) is 16.5. The molecular formula is C26H24N4O3S. The van der Waals surface area contributed by atoms with E-state index in [0.717, 1.165) is 16.9 Å². The van der Waals surface area contributed by atoms with Crippen molar-refractivity contribution in [2.75, 3.05) is 18.4 Å². The van der Waals surface area contributed by atoms with Crippen LogP contribution in [0.15, 0.2) is 82.2 Å². The van der Waals surface area contributed by atoms with Crippen LogP contribution in [0.5, 0.6) is 0 Å². The number of hydrogen-bond donors (Lipinski definition) is 1. The van der Waals surface area contributed by atoms with Crippen LogP contribution in [0.3, 0.4) is 0 Å². The zero-order valence-electron chi connectivity index (χ0n) is 18.5. The highest BCUT2D eigenvalue weighted by Crippen LogP contribution is 2.30. The largest absolute Gasteiger partial charge is 0.355 e. The molecule has 1 saturated heterocycles. The van der Waals surface area contributed by atoms with Crippen molar-refractivity contribution in [2.45, 2.75) is 17.7 Å². The van der Waals surface area contributed by atoms with Crippen molar-refractivity contribution >= 4 is 39.6 Å². The molecule has 7 nitrogen and oxygen atoms in total. The highest BCUT2D eigenvalue weighted by Gasteiger charge is 2.34. The van der Waals surface area contributed by atoms with E-state index in [0.29, 0.717) is 37.3 Å². The Balaban J connectivity index is 1.21. The van der Waals surface area contributed by atoms with Gasteiger partial charge in [-0.05, 0) is 60.9 Å². The number of likely N-dealkylation sites (tertiary alicyclic amines) is 1. The molecule has 8 heteroatoms. The van der Waals surface area contributed by atoms with E-state index in [1.807, 2.05) is 65.6 Å². The number of aromatic nitrogens is 1. The average molecular weight is 473 g/mol. The monoisotopic (exact) mass is 472 g/mol. The third-order valence-electron chi connectivity index (χ3n) is 6.07. The van der Waals surface area contributed by atoms with Crippen LogP contribution in [0, 0.1) is 5.92 Å². The van der Waals surface area contributed by atoms with Gasteiger partial charge >= 0.3 is 0 Å². The summed E-state index contributed by atoms with van der Waals surface area (Å²) in [6, 6.07) is 20.3. The summed E-state index contributed by atoms with van der Waals surface area (Å²) < 4.78 is 28.7. The van der Waals surface area contributed by atoms with E-state index < -0.39 is 10.0 Å². The molecule has 2 aliphatic rings. The van der Waals surface area contributed by atoms with E-state index >= 15 is 0 Å². The summed E-state index contributed by atoms with van der Waals surface area (Å²) in [6.45, 7) is 1.15. The van der Waals surface area contributed by atoms with Gasteiger partial charge in [0, 0.05) is 36.5 Å². The SMILES string of the molecule is O=C(Nc1cccc(C=Cc2ccccn2)c1)C1CCN(C2=NS(=O)(=O)c3ccccc32)CC1. The number of nitrogens with one attached hydrogen (secondary N) is 1. The molecule has 0 spiro atoms. The fourth-order valence-electron chi connectivity index (χ4n) is 4.29. The van der Waals surface area contributed by atoms with Crippen LogP contribution in [0.25, 0.3) is 12.2 Å². The maximum Gasteiger partial charge on any atom is 0.285 e. The molecule has 0 bridgehead atoms. The number of benzene rings is 2. The van der Waals surface area contributed by atoms with E-state index in [2.05, 4.69) is 14.7 Å². The smallest absolute Gasteiger partial charge is 0.285 e. The van der Waals surface area contributed by atoms with Gasteiger partial charge in [-0.25, -0.2) is 0 Å². The second-order valence-electron chi connectivity index (χ2n) is 8.35. The first-order valence-corrected chi connectivity index (χ1v) is 12.6. The molecular weight excluding hydrogens is 448 g/mol. The number of carbonyl (C=O) groups is 1. The summed E-state index contributed by atoms with van der Waals surface area (Å²) in [5, 5.41) is 3.03. The van der Waals surface area contributed by atoms with Crippen molar-refractivity contribution in [1.82, 2.24) is 9.88 Å². The first kappa shape index (κ1) is 22.0. The van der Waals surface area contributed by atoms with Gasteiger partial charge in [0.15, 0.2) is 5.84 Å². The summed E-state index contributed by atoms with van der Waals surface area (Å²) in [5.74, 6) is 0.326. The topological polar surface area (TPSA) is 91.7 Å². The van der Waals surface area contributed by atoms with Gasteiger partial charge in [-0.3, -0.25) is 9.78 Å². The van der Waals surface area contributed by atoms with Gasteiger partial charge in [0.05, 0.1) is 5.69 Å². The van der Waals surface area contributed by atoms with Gasteiger partial charge in [-0.2, -0.15) is 8.42 Å². The van der Waals surface area contributed by atoms with Crippen LogP contribution < -0.4 is 5.32 Å². The number of rotatable bonds is 4. The molecule has 0 radical (unpaired) electrons. The number of carbonyl (C=O) groups excluding carboxylic acids is 1. The van der Waals surface area contributed by atoms with Crippen LogP contribution in [0.2, 0.25) is 0 Å². The number of nitrogens with zero attached hydrogens (tertiary/aromatic N) is 3. The fraction of sp³-hybridized carbons (Fsp3) is 0.192. The number of hydrogen-bond acceptors (Lipinski definition) is 5. The fourth-order valence-corrected chi connectivity index (χ4v) is 5.52. The number of anilines is 1. The van der Waals surface area contributed by atoms with Crippen LogP contribution in [0.1, 0.15) is 29.7 Å². The predicted molar refractivity (Wildman–Crippen MR) is 133 cm³/mol. The van der Waals surface area contributed by atoms with Crippen molar-refractivity contribution in [3.63, 3.8) is 0 Å². The third-order valence-corrected chi connectivity index (χ3v) is 7.39. The minimum absolute atomic E-state index is 0.0214. The summed E-state index contributed by atoms with van der Waals surface area (Å²) >= 11 is 0. The molecule has 1 N–H and O–H groups in total. The van der Waals surface area contributed by atoms with Crippen LogP contribution in [0.4, 0.5) is 5.69 Å². The molecule has 34 heavy (non-hydrogen) atoms. The molecule has 3 heterocycles. The number of amides is 1. The Bertz CT molecular complexity index is 1380. The van der Waals surface area contributed by atoms with E-state index in [1.165, 1.54) is 0 Å². The van der Waals surface area contributed by atoms with E-state index in [9.17, 15) is 13.2 Å². The summed E-state index contributed by atoms with van der Waals surface area (Å²) in [7, 11) is -3.64. The minimum atomic E-state index is -3.64. The zero-order chi connectivity index (χ0) is 23.5. The number of fused-ring (bicyclic) bond motifs is 1. The molecule has 0 unspecified atom stereocenters. The maximum atomic E-state index is 12.9. The van der Waals surface area contributed by atoms with Crippen LogP contribution >= 0.6 is 0 Å². The van der Waals surface area contributed by atoms with Gasteiger partial charge in [-0.15, -0.1) is 4.40 Å². The molecule has 1 amide bonds. The molecule has 0 aliphatic carbocycles. The highest BCUT2D eigenvalue weighted by atomic mass is 32.2. The van der Waals surface area contributed by atoms with Gasteiger partial charge in [-0.1, -0.05) is 36.4 Å². The first-order valence-electron chi connectivity index (χ1n) is 11.2. The normalized spacial score (nSPS) is 17.4. The Labute approximate surface area is 198 Å². The minimum Gasteiger partial charge on any atom is -0.355 e. The predicted octanol–water partition coefficient (Wildman–Crippen LogP) is 4.05. The Hall–Kier alpha value is -3.78. The Morgan fingerprint density at radius 1 is 0.971 bits per heavy atom. The molecule has 0 atom stereocenters. The van der Waals surface area contributed by atoms with E-state index in [1.54, 1.807) is 24.4 Å². The molecule has 172 valence electrons. The van der Waals surface area contributed by atoms with Gasteiger partial charge in [0.25, 0.3) is 10.0 Å². The molecule has 5 rings (SSSR count). The molecule has 2 aliphatic heterocycles. The lowest BCUT2D eigenvalue weighted by Gasteiger charge is -2.32. The second kappa shape index (κ2) is 9.23. The number of pyridine rings is 1. The Morgan fingerprint density at radius 2 is 1.76 bits per heavy atom. The second-order valence-corrected chi connectivity index (χ2v) is 9.92. The van der Waals surface area contributed by atoms with Crippen molar-refractivity contribution in [2.24, 2.45) is 10.3 Å². The van der Waals surface area contributed by atoms with Crippen molar-refractivity contribution < 1.29 is 13.2 Å². The molecule has 0 saturated carbocycles.